The number of hydrazine groups is 1. The first kappa shape index (κ1) is 7.03. The van der Waals surface area contributed by atoms with Gasteiger partial charge < -0.3 is 0 Å². The zero-order valence-corrected chi connectivity index (χ0v) is 6.49. The predicted molar refractivity (Wildman–Crippen MR) is 39.0 cm³/mol. The Morgan fingerprint density at radius 1 is 1.22 bits per heavy atom. The van der Waals surface area contributed by atoms with Gasteiger partial charge in [-0.3, -0.25) is 10.9 Å². The molecule has 0 aromatic carbocycles. The van der Waals surface area contributed by atoms with E-state index in [1.54, 1.807) is 0 Å². The molecule has 0 bridgehead atoms. The minimum atomic E-state index is 0.211. The molecular formula is C7H16N2. The topological polar surface area (TPSA) is 24.1 Å². The Labute approximate surface area is 57.0 Å². The van der Waals surface area contributed by atoms with Gasteiger partial charge in [-0.2, -0.15) is 0 Å². The molecule has 0 spiro atoms. The maximum atomic E-state index is 3.25. The Kier molecular flexibility index (Phi) is 1.78. The third-order valence-electron chi connectivity index (χ3n) is 1.23. The van der Waals surface area contributed by atoms with Crippen molar-refractivity contribution in [2.75, 3.05) is 0 Å². The average molecular weight is 128 g/mol. The van der Waals surface area contributed by atoms with Crippen LogP contribution in [0.25, 0.3) is 0 Å². The molecule has 0 saturated heterocycles. The van der Waals surface area contributed by atoms with Crippen LogP contribution >= 0.6 is 0 Å². The van der Waals surface area contributed by atoms with E-state index in [0.717, 1.165) is 6.04 Å². The summed E-state index contributed by atoms with van der Waals surface area (Å²) in [5.41, 5.74) is 6.69. The van der Waals surface area contributed by atoms with Gasteiger partial charge in [-0.1, -0.05) is 0 Å². The van der Waals surface area contributed by atoms with Gasteiger partial charge in [-0.25, -0.2) is 0 Å². The lowest BCUT2D eigenvalue weighted by molar-refractivity contribution is 0.354. The van der Waals surface area contributed by atoms with Crippen molar-refractivity contribution in [3.63, 3.8) is 0 Å². The average Bonchev–Trinajstić information content (AvgIpc) is 2.38. The van der Waals surface area contributed by atoms with E-state index in [4.69, 9.17) is 0 Å². The van der Waals surface area contributed by atoms with E-state index in [-0.39, 0.29) is 5.54 Å². The van der Waals surface area contributed by atoms with Gasteiger partial charge in [0.05, 0.1) is 0 Å². The summed E-state index contributed by atoms with van der Waals surface area (Å²) < 4.78 is 0. The van der Waals surface area contributed by atoms with Crippen LogP contribution in [0.4, 0.5) is 0 Å². The Hall–Kier alpha value is -0.0800. The van der Waals surface area contributed by atoms with E-state index in [1.165, 1.54) is 12.8 Å². The largest absolute Gasteiger partial charge is 0.254 e. The summed E-state index contributed by atoms with van der Waals surface area (Å²) in [5.74, 6) is 0. The molecule has 0 atom stereocenters. The summed E-state index contributed by atoms with van der Waals surface area (Å²) >= 11 is 0. The van der Waals surface area contributed by atoms with Crippen LogP contribution in [0.5, 0.6) is 0 Å². The summed E-state index contributed by atoms with van der Waals surface area (Å²) in [6, 6.07) is 0.754. The Morgan fingerprint density at radius 2 is 1.78 bits per heavy atom. The van der Waals surface area contributed by atoms with E-state index in [9.17, 15) is 0 Å². The summed E-state index contributed by atoms with van der Waals surface area (Å²) in [6.45, 7) is 6.47. The molecular weight excluding hydrogens is 112 g/mol. The highest BCUT2D eigenvalue weighted by molar-refractivity contribution is 4.81. The van der Waals surface area contributed by atoms with Crippen molar-refractivity contribution in [1.82, 2.24) is 10.9 Å². The zero-order valence-electron chi connectivity index (χ0n) is 6.49. The van der Waals surface area contributed by atoms with Crippen molar-refractivity contribution in [2.45, 2.75) is 45.2 Å². The fraction of sp³-hybridized carbons (Fsp3) is 1.00. The second-order valence-corrected chi connectivity index (χ2v) is 3.79. The molecule has 2 nitrogen and oxygen atoms in total. The van der Waals surface area contributed by atoms with Crippen molar-refractivity contribution in [3.8, 4) is 0 Å². The van der Waals surface area contributed by atoms with Crippen LogP contribution < -0.4 is 10.9 Å². The van der Waals surface area contributed by atoms with Gasteiger partial charge in [0.25, 0.3) is 0 Å². The first-order valence-corrected chi connectivity index (χ1v) is 3.61. The molecule has 0 aromatic heterocycles. The molecule has 54 valence electrons. The second-order valence-electron chi connectivity index (χ2n) is 3.79. The Morgan fingerprint density at radius 3 is 2.11 bits per heavy atom. The van der Waals surface area contributed by atoms with E-state index in [2.05, 4.69) is 31.6 Å². The molecule has 0 unspecified atom stereocenters. The summed E-state index contributed by atoms with van der Waals surface area (Å²) in [5, 5.41) is 0. The Balaban J connectivity index is 2.03. The monoisotopic (exact) mass is 128 g/mol. The molecule has 0 aromatic rings. The molecule has 1 aliphatic rings. The first-order chi connectivity index (χ1) is 4.08. The smallest absolute Gasteiger partial charge is 0.0239 e. The van der Waals surface area contributed by atoms with Crippen LogP contribution in [0.1, 0.15) is 33.6 Å². The van der Waals surface area contributed by atoms with Gasteiger partial charge in [-0.15, -0.1) is 0 Å². The van der Waals surface area contributed by atoms with Crippen molar-refractivity contribution < 1.29 is 0 Å². The number of hydrogen-bond acceptors (Lipinski definition) is 2. The molecule has 1 saturated carbocycles. The van der Waals surface area contributed by atoms with Crippen LogP contribution in [-0.2, 0) is 0 Å². The predicted octanol–water partition coefficient (Wildman–Crippen LogP) is 1.04. The zero-order chi connectivity index (χ0) is 6.91. The molecule has 0 amide bonds. The van der Waals surface area contributed by atoms with Crippen LogP contribution in [0.2, 0.25) is 0 Å². The van der Waals surface area contributed by atoms with Crippen LogP contribution in [0.15, 0.2) is 0 Å². The van der Waals surface area contributed by atoms with Gasteiger partial charge >= 0.3 is 0 Å². The first-order valence-electron chi connectivity index (χ1n) is 3.61. The molecule has 0 radical (unpaired) electrons. The molecule has 0 heterocycles. The molecule has 0 aliphatic heterocycles. The van der Waals surface area contributed by atoms with Crippen LogP contribution in [-0.4, -0.2) is 11.6 Å². The maximum Gasteiger partial charge on any atom is 0.0239 e. The van der Waals surface area contributed by atoms with Crippen molar-refractivity contribution in [3.05, 3.63) is 0 Å². The third kappa shape index (κ3) is 3.49. The van der Waals surface area contributed by atoms with Crippen LogP contribution in [0, 0.1) is 0 Å². The maximum absolute atomic E-state index is 3.25. The van der Waals surface area contributed by atoms with Crippen LogP contribution in [0.3, 0.4) is 0 Å². The molecule has 1 aliphatic carbocycles. The van der Waals surface area contributed by atoms with Gasteiger partial charge in [0.15, 0.2) is 0 Å². The molecule has 9 heavy (non-hydrogen) atoms. The lowest BCUT2D eigenvalue weighted by atomic mass is 10.1. The van der Waals surface area contributed by atoms with Gasteiger partial charge in [0.2, 0.25) is 0 Å². The highest BCUT2D eigenvalue weighted by Crippen LogP contribution is 2.17. The minimum Gasteiger partial charge on any atom is -0.254 e. The quantitative estimate of drug-likeness (QED) is 0.543. The number of hydrogen-bond donors (Lipinski definition) is 2. The van der Waals surface area contributed by atoms with Gasteiger partial charge in [-0.05, 0) is 33.6 Å². The van der Waals surface area contributed by atoms with Crippen molar-refractivity contribution in [1.29, 1.82) is 0 Å². The number of rotatable bonds is 2. The van der Waals surface area contributed by atoms with E-state index < -0.39 is 0 Å². The van der Waals surface area contributed by atoms with E-state index in [1.807, 2.05) is 0 Å². The normalized spacial score (nSPS) is 20.3. The van der Waals surface area contributed by atoms with Crippen molar-refractivity contribution >= 4 is 0 Å². The highest BCUT2D eigenvalue weighted by Gasteiger charge is 2.22. The van der Waals surface area contributed by atoms with Gasteiger partial charge in [0, 0.05) is 11.6 Å². The standard InChI is InChI=1S/C7H16N2/c1-7(2,3)9-8-6-4-5-6/h6,8-9H,4-5H2,1-3H3. The number of nitrogens with one attached hydrogen (secondary N) is 2. The fourth-order valence-electron chi connectivity index (χ4n) is 0.546. The summed E-state index contributed by atoms with van der Waals surface area (Å²) in [6.07, 6.45) is 2.67. The fourth-order valence-corrected chi connectivity index (χ4v) is 0.546. The molecule has 2 heteroatoms. The summed E-state index contributed by atoms with van der Waals surface area (Å²) in [7, 11) is 0. The summed E-state index contributed by atoms with van der Waals surface area (Å²) in [4.78, 5) is 0. The highest BCUT2D eigenvalue weighted by atomic mass is 15.4. The van der Waals surface area contributed by atoms with E-state index >= 15 is 0 Å². The molecule has 2 N–H and O–H groups in total. The second kappa shape index (κ2) is 2.27. The van der Waals surface area contributed by atoms with Gasteiger partial charge in [0.1, 0.15) is 0 Å². The van der Waals surface area contributed by atoms with E-state index in [0.29, 0.717) is 0 Å². The lowest BCUT2D eigenvalue weighted by Crippen LogP contribution is -2.46. The SMILES string of the molecule is CC(C)(C)NNC1CC1. The minimum absolute atomic E-state index is 0.211. The van der Waals surface area contributed by atoms with Crippen molar-refractivity contribution in [2.24, 2.45) is 0 Å². The third-order valence-corrected chi connectivity index (χ3v) is 1.23. The molecule has 1 rings (SSSR count). The lowest BCUT2D eigenvalue weighted by Gasteiger charge is -2.20. The molecule has 1 fully saturated rings. The Bertz CT molecular complexity index is 89.6.